The summed E-state index contributed by atoms with van der Waals surface area (Å²) in [6, 6.07) is 14.4. The van der Waals surface area contributed by atoms with E-state index in [2.05, 4.69) is 4.98 Å². The standard InChI is InChI=1S/C23H21F3N2O2/c24-23(25,26)19-9-7-15(8-10-19)21(28-11-3-5-17(14-28)22(29)30)18-12-16-4-1-2-6-20(16)27-13-18/h1-2,4,6-10,12-13,17,21H,3,5,11,14H2,(H,29,30). The maximum absolute atomic E-state index is 13.0. The fourth-order valence-electron chi connectivity index (χ4n) is 4.15. The second-order valence-corrected chi connectivity index (χ2v) is 7.66. The van der Waals surface area contributed by atoms with Crippen molar-refractivity contribution in [1.29, 1.82) is 0 Å². The number of carboxylic acid groups (broad SMARTS) is 1. The maximum Gasteiger partial charge on any atom is 0.416 e. The van der Waals surface area contributed by atoms with Crippen LogP contribution in [0.4, 0.5) is 13.2 Å². The molecule has 156 valence electrons. The fraction of sp³-hybridized carbons (Fsp3) is 0.304. The number of fused-ring (bicyclic) bond motifs is 1. The Hall–Kier alpha value is -2.93. The van der Waals surface area contributed by atoms with Gasteiger partial charge >= 0.3 is 12.1 Å². The van der Waals surface area contributed by atoms with Crippen LogP contribution in [0, 0.1) is 5.92 Å². The van der Waals surface area contributed by atoms with Gasteiger partial charge in [0.25, 0.3) is 0 Å². The van der Waals surface area contributed by atoms with Crippen molar-refractivity contribution in [1.82, 2.24) is 9.88 Å². The van der Waals surface area contributed by atoms with Crippen molar-refractivity contribution in [3.8, 4) is 0 Å². The predicted octanol–water partition coefficient (Wildman–Crippen LogP) is 5.14. The van der Waals surface area contributed by atoms with Crippen LogP contribution in [0.3, 0.4) is 0 Å². The average molecular weight is 414 g/mol. The average Bonchev–Trinajstić information content (AvgIpc) is 2.74. The Morgan fingerprint density at radius 2 is 1.83 bits per heavy atom. The largest absolute Gasteiger partial charge is 0.481 e. The van der Waals surface area contributed by atoms with Crippen molar-refractivity contribution in [3.63, 3.8) is 0 Å². The van der Waals surface area contributed by atoms with Gasteiger partial charge in [0.2, 0.25) is 0 Å². The molecule has 7 heteroatoms. The normalized spacial score (nSPS) is 19.0. The summed E-state index contributed by atoms with van der Waals surface area (Å²) < 4.78 is 39.1. The van der Waals surface area contributed by atoms with Crippen molar-refractivity contribution in [2.75, 3.05) is 13.1 Å². The Balaban J connectivity index is 1.76. The van der Waals surface area contributed by atoms with E-state index in [0.29, 0.717) is 25.1 Å². The molecule has 2 unspecified atom stereocenters. The lowest BCUT2D eigenvalue weighted by atomic mass is 9.91. The Morgan fingerprint density at radius 1 is 1.10 bits per heavy atom. The lowest BCUT2D eigenvalue weighted by Crippen LogP contribution is -2.41. The van der Waals surface area contributed by atoms with Crippen LogP contribution in [-0.4, -0.2) is 34.0 Å². The third-order valence-corrected chi connectivity index (χ3v) is 5.65. The Morgan fingerprint density at radius 3 is 2.53 bits per heavy atom. The van der Waals surface area contributed by atoms with E-state index in [9.17, 15) is 23.1 Å². The number of nitrogens with zero attached hydrogens (tertiary/aromatic N) is 2. The molecule has 0 amide bonds. The van der Waals surface area contributed by atoms with Gasteiger partial charge < -0.3 is 5.11 Å². The summed E-state index contributed by atoms with van der Waals surface area (Å²) in [7, 11) is 0. The number of piperidine rings is 1. The van der Waals surface area contributed by atoms with Gasteiger partial charge in [0.05, 0.1) is 23.0 Å². The van der Waals surface area contributed by atoms with Crippen molar-refractivity contribution in [3.05, 3.63) is 77.5 Å². The molecule has 1 saturated heterocycles. The second kappa shape index (κ2) is 8.07. The number of benzene rings is 2. The van der Waals surface area contributed by atoms with Gasteiger partial charge in [-0.15, -0.1) is 0 Å². The number of aromatic nitrogens is 1. The molecular weight excluding hydrogens is 393 g/mol. The molecule has 1 N–H and O–H groups in total. The molecule has 1 fully saturated rings. The van der Waals surface area contributed by atoms with Gasteiger partial charge in [0.15, 0.2) is 0 Å². The van der Waals surface area contributed by atoms with Crippen LogP contribution in [0.2, 0.25) is 0 Å². The van der Waals surface area contributed by atoms with E-state index >= 15 is 0 Å². The highest BCUT2D eigenvalue weighted by molar-refractivity contribution is 5.79. The molecular formula is C23H21F3N2O2. The Bertz CT molecular complexity index is 1050. The zero-order valence-electron chi connectivity index (χ0n) is 16.1. The minimum atomic E-state index is -4.40. The van der Waals surface area contributed by atoms with Gasteiger partial charge in [-0.25, -0.2) is 0 Å². The summed E-state index contributed by atoms with van der Waals surface area (Å²) >= 11 is 0. The summed E-state index contributed by atoms with van der Waals surface area (Å²) in [6.07, 6.45) is -1.36. The number of carbonyl (C=O) groups is 1. The molecule has 0 aliphatic carbocycles. The van der Waals surface area contributed by atoms with Crippen molar-refractivity contribution in [2.24, 2.45) is 5.92 Å². The minimum Gasteiger partial charge on any atom is -0.481 e. The van der Waals surface area contributed by atoms with Crippen LogP contribution < -0.4 is 0 Å². The van der Waals surface area contributed by atoms with Gasteiger partial charge in [-0.3, -0.25) is 14.7 Å². The van der Waals surface area contributed by atoms with Crippen molar-refractivity contribution in [2.45, 2.75) is 25.1 Å². The van der Waals surface area contributed by atoms with Gasteiger partial charge in [-0.2, -0.15) is 13.2 Å². The molecule has 0 radical (unpaired) electrons. The van der Waals surface area contributed by atoms with Crippen LogP contribution in [0.1, 0.15) is 35.6 Å². The monoisotopic (exact) mass is 414 g/mol. The number of alkyl halides is 3. The summed E-state index contributed by atoms with van der Waals surface area (Å²) in [5, 5.41) is 10.4. The Labute approximate surface area is 172 Å². The summed E-state index contributed by atoms with van der Waals surface area (Å²) in [4.78, 5) is 18.1. The third-order valence-electron chi connectivity index (χ3n) is 5.65. The first-order chi connectivity index (χ1) is 14.3. The fourth-order valence-corrected chi connectivity index (χ4v) is 4.15. The van der Waals surface area contributed by atoms with E-state index in [1.807, 2.05) is 35.2 Å². The van der Waals surface area contributed by atoms with Gasteiger partial charge in [-0.05, 0) is 54.8 Å². The number of halogens is 3. The smallest absolute Gasteiger partial charge is 0.416 e. The van der Waals surface area contributed by atoms with Crippen LogP contribution >= 0.6 is 0 Å². The van der Waals surface area contributed by atoms with E-state index in [1.54, 1.807) is 6.20 Å². The molecule has 0 saturated carbocycles. The van der Waals surface area contributed by atoms with Crippen LogP contribution in [0.25, 0.3) is 10.9 Å². The highest BCUT2D eigenvalue weighted by Gasteiger charge is 2.33. The number of likely N-dealkylation sites (tertiary alicyclic amines) is 1. The number of para-hydroxylation sites is 1. The first kappa shape index (κ1) is 20.3. The molecule has 1 aliphatic heterocycles. The zero-order valence-corrected chi connectivity index (χ0v) is 16.1. The highest BCUT2D eigenvalue weighted by atomic mass is 19.4. The van der Waals surface area contributed by atoms with Crippen LogP contribution in [-0.2, 0) is 11.0 Å². The number of aliphatic carboxylic acids is 1. The molecule has 0 bridgehead atoms. The van der Waals surface area contributed by atoms with E-state index in [0.717, 1.165) is 35.0 Å². The summed E-state index contributed by atoms with van der Waals surface area (Å²) in [5.41, 5.74) is 1.64. The number of pyridine rings is 1. The topological polar surface area (TPSA) is 53.4 Å². The van der Waals surface area contributed by atoms with Crippen molar-refractivity contribution >= 4 is 16.9 Å². The van der Waals surface area contributed by atoms with E-state index in [4.69, 9.17) is 0 Å². The van der Waals surface area contributed by atoms with Gasteiger partial charge in [0, 0.05) is 18.1 Å². The van der Waals surface area contributed by atoms with Gasteiger partial charge in [-0.1, -0.05) is 30.3 Å². The number of carboxylic acids is 1. The molecule has 2 aromatic carbocycles. The SMILES string of the molecule is O=C(O)C1CCCN(C(c2ccc(C(F)(F)F)cc2)c2cnc3ccccc3c2)C1. The third kappa shape index (κ3) is 4.16. The quantitative estimate of drug-likeness (QED) is 0.642. The molecule has 1 aliphatic rings. The maximum atomic E-state index is 13.0. The highest BCUT2D eigenvalue weighted by Crippen LogP contribution is 2.35. The van der Waals surface area contributed by atoms with Crippen LogP contribution in [0.15, 0.2) is 60.8 Å². The van der Waals surface area contributed by atoms with Crippen LogP contribution in [0.5, 0.6) is 0 Å². The van der Waals surface area contributed by atoms with Gasteiger partial charge in [0.1, 0.15) is 0 Å². The summed E-state index contributed by atoms with van der Waals surface area (Å²) in [5.74, 6) is -1.34. The van der Waals surface area contributed by atoms with E-state index in [1.165, 1.54) is 12.1 Å². The number of hydrogen-bond donors (Lipinski definition) is 1. The molecule has 4 rings (SSSR count). The molecule has 3 aromatic rings. The summed E-state index contributed by atoms with van der Waals surface area (Å²) in [6.45, 7) is 1.01. The van der Waals surface area contributed by atoms with E-state index in [-0.39, 0.29) is 6.04 Å². The van der Waals surface area contributed by atoms with E-state index < -0.39 is 23.6 Å². The lowest BCUT2D eigenvalue weighted by Gasteiger charge is -2.37. The zero-order chi connectivity index (χ0) is 21.3. The Kier molecular flexibility index (Phi) is 5.47. The minimum absolute atomic E-state index is 0.341. The molecule has 30 heavy (non-hydrogen) atoms. The lowest BCUT2D eigenvalue weighted by molar-refractivity contribution is -0.144. The molecule has 2 heterocycles. The second-order valence-electron chi connectivity index (χ2n) is 7.66. The molecule has 2 atom stereocenters. The number of rotatable bonds is 4. The first-order valence-electron chi connectivity index (χ1n) is 9.81. The molecule has 1 aromatic heterocycles. The number of hydrogen-bond acceptors (Lipinski definition) is 3. The molecule has 4 nitrogen and oxygen atoms in total. The predicted molar refractivity (Wildman–Crippen MR) is 107 cm³/mol. The first-order valence-corrected chi connectivity index (χ1v) is 9.81. The molecule has 0 spiro atoms. The van der Waals surface area contributed by atoms with Crippen molar-refractivity contribution < 1.29 is 23.1 Å².